The van der Waals surface area contributed by atoms with E-state index in [2.05, 4.69) is 4.98 Å². The third-order valence-electron chi connectivity index (χ3n) is 3.53. The van der Waals surface area contributed by atoms with Crippen molar-refractivity contribution in [3.63, 3.8) is 0 Å². The third kappa shape index (κ3) is 2.37. The Balaban J connectivity index is 2.20. The summed E-state index contributed by atoms with van der Waals surface area (Å²) in [5, 5.41) is 0.802. The summed E-state index contributed by atoms with van der Waals surface area (Å²) in [4.78, 5) is 4.80. The van der Waals surface area contributed by atoms with Crippen LogP contribution in [0.5, 0.6) is 0 Å². The fourth-order valence-corrected chi connectivity index (χ4v) is 2.96. The molecule has 3 aromatic rings. The highest BCUT2D eigenvalue weighted by Gasteiger charge is 2.13. The highest BCUT2D eigenvalue weighted by Crippen LogP contribution is 2.34. The number of pyridine rings is 1. The Morgan fingerprint density at radius 2 is 1.55 bits per heavy atom. The van der Waals surface area contributed by atoms with Gasteiger partial charge in [-0.1, -0.05) is 30.3 Å². The molecule has 0 radical (unpaired) electrons. The van der Waals surface area contributed by atoms with Crippen LogP contribution in [0.15, 0.2) is 53.4 Å². The van der Waals surface area contributed by atoms with Gasteiger partial charge in [0.05, 0.1) is 27.5 Å². The first-order valence-electron chi connectivity index (χ1n) is 6.62. The smallest absolute Gasteiger partial charge is 0.175 e. The normalized spacial score (nSPS) is 11.7. The number of nitrogens with two attached hydrogens (primary N) is 2. The molecule has 0 fully saturated rings. The zero-order valence-electron chi connectivity index (χ0n) is 11.9. The van der Waals surface area contributed by atoms with E-state index in [0.29, 0.717) is 17.1 Å². The maximum atomic E-state index is 11.5. The first-order valence-corrected chi connectivity index (χ1v) is 8.51. The maximum Gasteiger partial charge on any atom is 0.175 e. The van der Waals surface area contributed by atoms with Crippen LogP contribution in [-0.4, -0.2) is 19.7 Å². The number of hydrogen-bond acceptors (Lipinski definition) is 5. The summed E-state index contributed by atoms with van der Waals surface area (Å²) >= 11 is 0. The number of sulfone groups is 1. The van der Waals surface area contributed by atoms with Gasteiger partial charge >= 0.3 is 0 Å². The topological polar surface area (TPSA) is 99.1 Å². The van der Waals surface area contributed by atoms with Crippen LogP contribution in [0.25, 0.3) is 22.2 Å². The average Bonchev–Trinajstić information content (AvgIpc) is 2.50. The van der Waals surface area contributed by atoms with E-state index in [-0.39, 0.29) is 4.90 Å². The number of anilines is 2. The molecule has 0 atom stereocenters. The van der Waals surface area contributed by atoms with Crippen molar-refractivity contribution < 1.29 is 8.42 Å². The van der Waals surface area contributed by atoms with E-state index in [0.717, 1.165) is 16.5 Å². The zero-order chi connectivity index (χ0) is 15.9. The molecule has 2 aromatic carbocycles. The van der Waals surface area contributed by atoms with Crippen LogP contribution in [0.4, 0.5) is 11.4 Å². The number of rotatable bonds is 2. The van der Waals surface area contributed by atoms with Gasteiger partial charge in [0, 0.05) is 17.2 Å². The van der Waals surface area contributed by atoms with Gasteiger partial charge in [-0.2, -0.15) is 0 Å². The van der Waals surface area contributed by atoms with E-state index >= 15 is 0 Å². The predicted molar refractivity (Wildman–Crippen MR) is 89.1 cm³/mol. The van der Waals surface area contributed by atoms with Crippen LogP contribution in [0.2, 0.25) is 0 Å². The van der Waals surface area contributed by atoms with Gasteiger partial charge in [-0.3, -0.25) is 0 Å². The zero-order valence-corrected chi connectivity index (χ0v) is 12.8. The molecule has 0 saturated carbocycles. The highest BCUT2D eigenvalue weighted by atomic mass is 32.2. The Labute approximate surface area is 128 Å². The number of hydrogen-bond donors (Lipinski definition) is 2. The molecular weight excluding hydrogens is 298 g/mol. The number of para-hydroxylation sites is 1. The van der Waals surface area contributed by atoms with Crippen LogP contribution in [-0.2, 0) is 9.84 Å². The van der Waals surface area contributed by atoms with E-state index in [1.54, 1.807) is 12.1 Å². The highest BCUT2D eigenvalue weighted by molar-refractivity contribution is 7.90. The SMILES string of the molecule is CS(=O)(=O)c1ccc(-c2nc3ccccc3c(N)c2N)cc1. The lowest BCUT2D eigenvalue weighted by atomic mass is 10.1. The fraction of sp³-hybridized carbons (Fsp3) is 0.0625. The number of benzene rings is 2. The molecule has 0 spiro atoms. The van der Waals surface area contributed by atoms with E-state index in [1.807, 2.05) is 24.3 Å². The maximum absolute atomic E-state index is 11.5. The van der Waals surface area contributed by atoms with Crippen molar-refractivity contribution >= 4 is 32.1 Å². The molecular formula is C16H15N3O2S. The summed E-state index contributed by atoms with van der Waals surface area (Å²) < 4.78 is 23.0. The molecule has 1 aromatic heterocycles. The van der Waals surface area contributed by atoms with Gasteiger partial charge in [-0.25, -0.2) is 13.4 Å². The first-order chi connectivity index (χ1) is 10.4. The molecule has 3 rings (SSSR count). The van der Waals surface area contributed by atoms with E-state index in [1.165, 1.54) is 18.4 Å². The van der Waals surface area contributed by atoms with Crippen molar-refractivity contribution in [3.8, 4) is 11.3 Å². The Hall–Kier alpha value is -2.60. The average molecular weight is 313 g/mol. The van der Waals surface area contributed by atoms with E-state index in [4.69, 9.17) is 11.5 Å². The predicted octanol–water partition coefficient (Wildman–Crippen LogP) is 2.47. The van der Waals surface area contributed by atoms with Crippen LogP contribution in [0.1, 0.15) is 0 Å². The lowest BCUT2D eigenvalue weighted by Gasteiger charge is -2.11. The molecule has 5 nitrogen and oxygen atoms in total. The van der Waals surface area contributed by atoms with E-state index < -0.39 is 9.84 Å². The molecule has 0 aliphatic rings. The van der Waals surface area contributed by atoms with Crippen molar-refractivity contribution in [1.29, 1.82) is 0 Å². The van der Waals surface area contributed by atoms with Crippen molar-refractivity contribution in [3.05, 3.63) is 48.5 Å². The van der Waals surface area contributed by atoms with Crippen molar-refractivity contribution in [1.82, 2.24) is 4.98 Å². The fourth-order valence-electron chi connectivity index (χ4n) is 2.33. The van der Waals surface area contributed by atoms with Crippen LogP contribution >= 0.6 is 0 Å². The van der Waals surface area contributed by atoms with Crippen LogP contribution < -0.4 is 11.5 Å². The number of nitrogen functional groups attached to an aromatic ring is 2. The minimum Gasteiger partial charge on any atom is -0.396 e. The number of fused-ring (bicyclic) bond motifs is 1. The van der Waals surface area contributed by atoms with Gasteiger partial charge in [0.2, 0.25) is 0 Å². The second kappa shape index (κ2) is 4.99. The minimum atomic E-state index is -3.23. The van der Waals surface area contributed by atoms with Gasteiger partial charge in [0.25, 0.3) is 0 Å². The third-order valence-corrected chi connectivity index (χ3v) is 4.66. The molecule has 0 aliphatic heterocycles. The standard InChI is InChI=1S/C16H15N3O2S/c1-22(20,21)11-8-6-10(7-9-11)16-15(18)14(17)12-4-2-3-5-13(12)19-16/h2-9H,18H2,1H3,(H2,17,19). The summed E-state index contributed by atoms with van der Waals surface area (Å²) in [6.45, 7) is 0. The van der Waals surface area contributed by atoms with Crippen LogP contribution in [0, 0.1) is 0 Å². The number of nitrogens with zero attached hydrogens (tertiary/aromatic N) is 1. The summed E-state index contributed by atoms with van der Waals surface area (Å²) in [6, 6.07) is 13.9. The lowest BCUT2D eigenvalue weighted by Crippen LogP contribution is -2.02. The van der Waals surface area contributed by atoms with Gasteiger partial charge in [0.15, 0.2) is 9.84 Å². The lowest BCUT2D eigenvalue weighted by molar-refractivity contribution is 0.602. The summed E-state index contributed by atoms with van der Waals surface area (Å²) in [7, 11) is -3.23. The molecule has 112 valence electrons. The van der Waals surface area contributed by atoms with Crippen molar-refractivity contribution in [2.24, 2.45) is 0 Å². The monoisotopic (exact) mass is 313 g/mol. The summed E-state index contributed by atoms with van der Waals surface area (Å²) in [5.74, 6) is 0. The Bertz CT molecular complexity index is 965. The van der Waals surface area contributed by atoms with E-state index in [9.17, 15) is 8.42 Å². The molecule has 0 saturated heterocycles. The molecule has 0 amide bonds. The number of aromatic nitrogens is 1. The van der Waals surface area contributed by atoms with Crippen LogP contribution in [0.3, 0.4) is 0 Å². The second-order valence-corrected chi connectivity index (χ2v) is 7.12. The molecule has 1 heterocycles. The second-order valence-electron chi connectivity index (χ2n) is 5.10. The minimum absolute atomic E-state index is 0.253. The Morgan fingerprint density at radius 3 is 2.18 bits per heavy atom. The summed E-state index contributed by atoms with van der Waals surface area (Å²) in [6.07, 6.45) is 1.17. The van der Waals surface area contributed by atoms with Gasteiger partial charge in [0.1, 0.15) is 0 Å². The summed E-state index contributed by atoms with van der Waals surface area (Å²) in [5.41, 5.74) is 15.1. The molecule has 4 N–H and O–H groups in total. The van der Waals surface area contributed by atoms with Gasteiger partial charge in [-0.05, 0) is 18.2 Å². The molecule has 0 aliphatic carbocycles. The van der Waals surface area contributed by atoms with Crippen molar-refractivity contribution in [2.75, 3.05) is 17.7 Å². The first kappa shape index (κ1) is 14.3. The molecule has 0 unspecified atom stereocenters. The molecule has 0 bridgehead atoms. The molecule has 22 heavy (non-hydrogen) atoms. The van der Waals surface area contributed by atoms with Gasteiger partial charge in [-0.15, -0.1) is 0 Å². The Kier molecular flexibility index (Phi) is 3.26. The quantitative estimate of drug-likeness (QED) is 0.757. The van der Waals surface area contributed by atoms with Crippen molar-refractivity contribution in [2.45, 2.75) is 4.90 Å². The largest absolute Gasteiger partial charge is 0.396 e. The Morgan fingerprint density at radius 1 is 0.909 bits per heavy atom. The molecule has 6 heteroatoms. The van der Waals surface area contributed by atoms with Gasteiger partial charge < -0.3 is 11.5 Å².